The van der Waals surface area contributed by atoms with E-state index in [-0.39, 0.29) is 12.2 Å². The van der Waals surface area contributed by atoms with Crippen molar-refractivity contribution in [3.8, 4) is 0 Å². The van der Waals surface area contributed by atoms with Gasteiger partial charge in [0.05, 0.1) is 18.3 Å². The monoisotopic (exact) mass is 343 g/mol. The molecule has 20 heavy (non-hydrogen) atoms. The van der Waals surface area contributed by atoms with Crippen molar-refractivity contribution in [1.82, 2.24) is 4.90 Å². The number of likely N-dealkylation sites (tertiary alicyclic amines) is 1. The van der Waals surface area contributed by atoms with Crippen LogP contribution < -0.4 is 0 Å². The molecule has 0 aromatic heterocycles. The summed E-state index contributed by atoms with van der Waals surface area (Å²) in [6.07, 6.45) is 0.532. The van der Waals surface area contributed by atoms with Gasteiger partial charge in [0.15, 0.2) is 0 Å². The molecule has 1 saturated heterocycles. The molecule has 112 valence electrons. The quantitative estimate of drug-likeness (QED) is 0.859. The van der Waals surface area contributed by atoms with E-state index >= 15 is 0 Å². The van der Waals surface area contributed by atoms with Gasteiger partial charge >= 0.3 is 0 Å². The summed E-state index contributed by atoms with van der Waals surface area (Å²) in [5, 5.41) is 10.2. The van der Waals surface area contributed by atoms with Gasteiger partial charge in [-0.25, -0.2) is 0 Å². The predicted octanol–water partition coefficient (Wildman–Crippen LogP) is 2.22. The average molecular weight is 344 g/mol. The van der Waals surface area contributed by atoms with E-state index < -0.39 is 6.10 Å². The first kappa shape index (κ1) is 15.9. The Morgan fingerprint density at radius 2 is 1.95 bits per heavy atom. The lowest BCUT2D eigenvalue weighted by Crippen LogP contribution is -2.27. The minimum absolute atomic E-state index is 0.128. The second-order valence-corrected chi connectivity index (χ2v) is 6.08. The molecule has 3 unspecified atom stereocenters. The van der Waals surface area contributed by atoms with Crippen LogP contribution in [-0.2, 0) is 9.47 Å². The van der Waals surface area contributed by atoms with Crippen LogP contribution in [0.25, 0.3) is 0 Å². The highest BCUT2D eigenvalue weighted by Gasteiger charge is 2.32. The van der Waals surface area contributed by atoms with Crippen LogP contribution in [0.1, 0.15) is 18.1 Å². The Hall–Kier alpha value is -0.460. The minimum Gasteiger partial charge on any atom is -0.388 e. The predicted molar refractivity (Wildman–Crippen MR) is 81.8 cm³/mol. The summed E-state index contributed by atoms with van der Waals surface area (Å²) in [5.74, 6) is 0. The SMILES string of the molecule is COC1CN(CCC(O)c2cccc(Br)c2)CC1OC. The zero-order chi connectivity index (χ0) is 14.5. The van der Waals surface area contributed by atoms with Gasteiger partial charge in [0.1, 0.15) is 0 Å². The molecule has 1 heterocycles. The number of hydrogen-bond acceptors (Lipinski definition) is 4. The van der Waals surface area contributed by atoms with E-state index in [0.29, 0.717) is 6.42 Å². The van der Waals surface area contributed by atoms with Crippen LogP contribution in [0, 0.1) is 0 Å². The van der Waals surface area contributed by atoms with E-state index in [1.165, 1.54) is 0 Å². The highest BCUT2D eigenvalue weighted by atomic mass is 79.9. The molecule has 1 aliphatic rings. The van der Waals surface area contributed by atoms with Crippen LogP contribution in [0.15, 0.2) is 28.7 Å². The first-order valence-corrected chi connectivity index (χ1v) is 7.64. The van der Waals surface area contributed by atoms with E-state index in [1.54, 1.807) is 14.2 Å². The molecule has 0 spiro atoms. The lowest BCUT2D eigenvalue weighted by Gasteiger charge is -2.18. The van der Waals surface area contributed by atoms with Crippen molar-refractivity contribution in [3.05, 3.63) is 34.3 Å². The Balaban J connectivity index is 1.84. The molecule has 1 fully saturated rings. The van der Waals surface area contributed by atoms with E-state index in [9.17, 15) is 5.11 Å². The maximum Gasteiger partial charge on any atom is 0.0971 e. The van der Waals surface area contributed by atoms with Crippen LogP contribution in [0.3, 0.4) is 0 Å². The van der Waals surface area contributed by atoms with E-state index in [1.807, 2.05) is 24.3 Å². The second kappa shape index (κ2) is 7.52. The number of aliphatic hydroxyl groups is 1. The van der Waals surface area contributed by atoms with Crippen molar-refractivity contribution in [2.75, 3.05) is 33.9 Å². The molecule has 3 atom stereocenters. The molecule has 0 bridgehead atoms. The van der Waals surface area contributed by atoms with E-state index in [2.05, 4.69) is 20.8 Å². The van der Waals surface area contributed by atoms with Crippen LogP contribution in [-0.4, -0.2) is 56.1 Å². The summed E-state index contributed by atoms with van der Waals surface area (Å²) in [7, 11) is 3.44. The number of benzene rings is 1. The maximum atomic E-state index is 10.2. The number of hydrogen-bond donors (Lipinski definition) is 1. The number of methoxy groups -OCH3 is 2. The molecule has 2 rings (SSSR count). The number of halogens is 1. The summed E-state index contributed by atoms with van der Waals surface area (Å²) >= 11 is 3.43. The normalized spacial score (nSPS) is 25.0. The molecular weight excluding hydrogens is 322 g/mol. The van der Waals surface area contributed by atoms with E-state index in [4.69, 9.17) is 9.47 Å². The van der Waals surface area contributed by atoms with Gasteiger partial charge < -0.3 is 14.6 Å². The van der Waals surface area contributed by atoms with E-state index in [0.717, 1.165) is 29.7 Å². The van der Waals surface area contributed by atoms with Gasteiger partial charge in [0.2, 0.25) is 0 Å². The number of ether oxygens (including phenoxy) is 2. The fourth-order valence-corrected chi connectivity index (χ4v) is 3.06. The highest BCUT2D eigenvalue weighted by molar-refractivity contribution is 9.10. The third-order valence-corrected chi connectivity index (χ3v) is 4.34. The standard InChI is InChI=1S/C15H22BrNO3/c1-19-14-9-17(10-15(14)20-2)7-6-13(18)11-4-3-5-12(16)8-11/h3-5,8,13-15,18H,6-7,9-10H2,1-2H3. The average Bonchev–Trinajstić information content (AvgIpc) is 2.87. The first-order valence-electron chi connectivity index (χ1n) is 6.85. The molecular formula is C15H22BrNO3. The van der Waals surface area contributed by atoms with Gasteiger partial charge in [-0.2, -0.15) is 0 Å². The van der Waals surface area contributed by atoms with Crippen molar-refractivity contribution in [3.63, 3.8) is 0 Å². The lowest BCUT2D eigenvalue weighted by atomic mass is 10.1. The Labute approximate surface area is 128 Å². The van der Waals surface area contributed by atoms with Crippen molar-refractivity contribution in [1.29, 1.82) is 0 Å². The Morgan fingerprint density at radius 3 is 2.50 bits per heavy atom. The molecule has 0 aliphatic carbocycles. The van der Waals surface area contributed by atoms with Crippen molar-refractivity contribution < 1.29 is 14.6 Å². The number of rotatable bonds is 6. The summed E-state index contributed by atoms with van der Waals surface area (Å²) in [4.78, 5) is 2.28. The first-order chi connectivity index (χ1) is 9.63. The minimum atomic E-state index is -0.435. The number of aliphatic hydroxyl groups excluding tert-OH is 1. The van der Waals surface area contributed by atoms with Crippen LogP contribution >= 0.6 is 15.9 Å². The largest absolute Gasteiger partial charge is 0.388 e. The molecule has 1 N–H and O–H groups in total. The van der Waals surface area contributed by atoms with Gasteiger partial charge in [0, 0.05) is 38.3 Å². The Bertz CT molecular complexity index is 417. The fraction of sp³-hybridized carbons (Fsp3) is 0.600. The third kappa shape index (κ3) is 4.02. The maximum absolute atomic E-state index is 10.2. The van der Waals surface area contributed by atoms with Gasteiger partial charge in [-0.15, -0.1) is 0 Å². The van der Waals surface area contributed by atoms with Crippen molar-refractivity contribution >= 4 is 15.9 Å². The summed E-state index contributed by atoms with van der Waals surface area (Å²) in [6.45, 7) is 2.56. The molecule has 0 amide bonds. The van der Waals surface area contributed by atoms with Crippen molar-refractivity contribution in [2.24, 2.45) is 0 Å². The van der Waals surface area contributed by atoms with Crippen LogP contribution in [0.4, 0.5) is 0 Å². The van der Waals surface area contributed by atoms with Crippen LogP contribution in [0.5, 0.6) is 0 Å². The second-order valence-electron chi connectivity index (χ2n) is 5.17. The van der Waals surface area contributed by atoms with Gasteiger partial charge in [-0.05, 0) is 24.1 Å². The van der Waals surface area contributed by atoms with Gasteiger partial charge in [-0.1, -0.05) is 28.1 Å². The smallest absolute Gasteiger partial charge is 0.0971 e. The summed E-state index contributed by atoms with van der Waals surface area (Å²) < 4.78 is 11.8. The zero-order valence-electron chi connectivity index (χ0n) is 12.0. The van der Waals surface area contributed by atoms with Gasteiger partial charge in [0.25, 0.3) is 0 Å². The number of nitrogens with zero attached hydrogens (tertiary/aromatic N) is 1. The highest BCUT2D eigenvalue weighted by Crippen LogP contribution is 2.22. The lowest BCUT2D eigenvalue weighted by molar-refractivity contribution is -0.00461. The fourth-order valence-electron chi connectivity index (χ4n) is 2.64. The van der Waals surface area contributed by atoms with Crippen LogP contribution in [0.2, 0.25) is 0 Å². The molecule has 0 saturated carbocycles. The molecule has 1 aliphatic heterocycles. The molecule has 0 radical (unpaired) electrons. The van der Waals surface area contributed by atoms with Gasteiger partial charge in [-0.3, -0.25) is 4.90 Å². The summed E-state index contributed by atoms with van der Waals surface area (Å²) in [5.41, 5.74) is 0.949. The summed E-state index contributed by atoms with van der Waals surface area (Å²) in [6, 6.07) is 7.82. The molecule has 4 nitrogen and oxygen atoms in total. The zero-order valence-corrected chi connectivity index (χ0v) is 13.5. The molecule has 1 aromatic rings. The topological polar surface area (TPSA) is 41.9 Å². The van der Waals surface area contributed by atoms with Crippen molar-refractivity contribution in [2.45, 2.75) is 24.7 Å². The molecule has 5 heteroatoms. The third-order valence-electron chi connectivity index (χ3n) is 3.85. The Morgan fingerprint density at radius 1 is 1.30 bits per heavy atom. The Kier molecular flexibility index (Phi) is 5.99. The molecule has 1 aromatic carbocycles.